The average molecular weight is 443 g/mol. The first-order valence-corrected chi connectivity index (χ1v) is 11.3. The minimum absolute atomic E-state index is 0.262. The van der Waals surface area contributed by atoms with E-state index in [2.05, 4.69) is 57.0 Å². The van der Waals surface area contributed by atoms with E-state index in [1.807, 2.05) is 24.4 Å². The van der Waals surface area contributed by atoms with Crippen molar-refractivity contribution in [2.24, 2.45) is 10.9 Å². The summed E-state index contributed by atoms with van der Waals surface area (Å²) < 4.78 is 0. The lowest BCUT2D eigenvalue weighted by molar-refractivity contribution is 0.102. The molecule has 1 amide bonds. The second-order valence-electron chi connectivity index (χ2n) is 8.70. The van der Waals surface area contributed by atoms with Crippen molar-refractivity contribution in [3.63, 3.8) is 0 Å². The van der Waals surface area contributed by atoms with Gasteiger partial charge in [-0.05, 0) is 86.5 Å². The number of fused-ring (bicyclic) bond motifs is 1. The summed E-state index contributed by atoms with van der Waals surface area (Å²) in [5.74, 6) is 0.539. The van der Waals surface area contributed by atoms with Gasteiger partial charge in [0.15, 0.2) is 5.69 Å². The van der Waals surface area contributed by atoms with E-state index in [9.17, 15) is 4.79 Å². The van der Waals surface area contributed by atoms with Gasteiger partial charge < -0.3 is 5.32 Å². The van der Waals surface area contributed by atoms with Crippen molar-refractivity contribution in [2.45, 2.75) is 26.7 Å². The number of rotatable bonds is 7. The van der Waals surface area contributed by atoms with Crippen LogP contribution in [0.1, 0.15) is 42.7 Å². The quantitative estimate of drug-likeness (QED) is 0.401. The van der Waals surface area contributed by atoms with Crippen molar-refractivity contribution in [2.75, 3.05) is 25.0 Å². The van der Waals surface area contributed by atoms with E-state index < -0.39 is 0 Å². The van der Waals surface area contributed by atoms with Gasteiger partial charge in [0.05, 0.1) is 5.52 Å². The van der Waals surface area contributed by atoms with Crippen molar-refractivity contribution in [3.8, 4) is 0 Å². The van der Waals surface area contributed by atoms with E-state index in [1.165, 1.54) is 12.8 Å². The smallest absolute Gasteiger partial charge is 0.276 e. The molecule has 0 atom stereocenters. The van der Waals surface area contributed by atoms with Crippen molar-refractivity contribution in [1.29, 1.82) is 0 Å². The summed E-state index contributed by atoms with van der Waals surface area (Å²) in [6.07, 6.45) is 9.74. The Hall–Kier alpha value is -3.58. The van der Waals surface area contributed by atoms with Crippen molar-refractivity contribution < 1.29 is 4.79 Å². The summed E-state index contributed by atoms with van der Waals surface area (Å²) in [5, 5.41) is 10.9. The molecule has 7 nitrogen and oxygen atoms in total. The predicted octanol–water partition coefficient (Wildman–Crippen LogP) is 4.93. The number of nitrogens with one attached hydrogen (secondary N) is 2. The molecule has 0 saturated carbocycles. The molecule has 0 bridgehead atoms. The molecular formula is C26H30N6O. The summed E-state index contributed by atoms with van der Waals surface area (Å²) in [7, 11) is 0. The van der Waals surface area contributed by atoms with Gasteiger partial charge in [0, 0.05) is 36.2 Å². The first-order valence-electron chi connectivity index (χ1n) is 11.3. The van der Waals surface area contributed by atoms with E-state index >= 15 is 0 Å². The number of hydrogen-bond donors (Lipinski definition) is 2. The van der Waals surface area contributed by atoms with Crippen molar-refractivity contribution in [3.05, 3.63) is 71.8 Å². The van der Waals surface area contributed by atoms with E-state index in [0.29, 0.717) is 11.4 Å². The van der Waals surface area contributed by atoms with Crippen LogP contribution in [-0.2, 0) is 0 Å². The summed E-state index contributed by atoms with van der Waals surface area (Å²) in [6.45, 7) is 11.1. The van der Waals surface area contributed by atoms with Gasteiger partial charge in [0.2, 0.25) is 0 Å². The lowest BCUT2D eigenvalue weighted by atomic mass is 9.98. The number of anilines is 1. The molecular weight excluding hydrogens is 412 g/mol. The summed E-state index contributed by atoms with van der Waals surface area (Å²) in [4.78, 5) is 23.3. The highest BCUT2D eigenvalue weighted by Gasteiger charge is 2.17. The predicted molar refractivity (Wildman–Crippen MR) is 134 cm³/mol. The van der Waals surface area contributed by atoms with Crippen molar-refractivity contribution >= 4 is 34.8 Å². The molecule has 0 aliphatic carbocycles. The minimum atomic E-state index is -0.262. The number of benzene rings is 1. The fourth-order valence-corrected chi connectivity index (χ4v) is 4.14. The Balaban J connectivity index is 1.55. The van der Waals surface area contributed by atoms with E-state index in [1.54, 1.807) is 24.5 Å². The number of aromatic amines is 1. The second kappa shape index (κ2) is 10.4. The van der Waals surface area contributed by atoms with Gasteiger partial charge in [-0.3, -0.25) is 24.8 Å². The van der Waals surface area contributed by atoms with Gasteiger partial charge in [0.1, 0.15) is 0 Å². The largest absolute Gasteiger partial charge is 0.320 e. The van der Waals surface area contributed by atoms with Crippen LogP contribution in [0.5, 0.6) is 0 Å². The molecule has 1 fully saturated rings. The second-order valence-corrected chi connectivity index (χ2v) is 8.70. The third kappa shape index (κ3) is 5.62. The van der Waals surface area contributed by atoms with Gasteiger partial charge in [-0.1, -0.05) is 19.1 Å². The molecule has 2 aromatic heterocycles. The van der Waals surface area contributed by atoms with Gasteiger partial charge >= 0.3 is 0 Å². The van der Waals surface area contributed by atoms with E-state index in [4.69, 9.17) is 0 Å². The molecule has 3 aromatic rings. The highest BCUT2D eigenvalue weighted by Crippen LogP contribution is 2.25. The molecule has 1 aliphatic rings. The zero-order chi connectivity index (χ0) is 23.2. The number of allylic oxidation sites excluding steroid dienone is 1. The number of nitrogens with zero attached hydrogens (tertiary/aromatic N) is 4. The summed E-state index contributed by atoms with van der Waals surface area (Å²) in [6, 6.07) is 9.50. The maximum absolute atomic E-state index is 12.8. The lowest BCUT2D eigenvalue weighted by Crippen LogP contribution is -2.34. The van der Waals surface area contributed by atoms with Gasteiger partial charge in [-0.2, -0.15) is 5.10 Å². The maximum atomic E-state index is 12.8. The molecule has 2 N–H and O–H groups in total. The van der Waals surface area contributed by atoms with Crippen LogP contribution in [0, 0.1) is 5.92 Å². The number of aliphatic imine (C=N–C) groups is 1. The fourth-order valence-electron chi connectivity index (χ4n) is 4.14. The first-order chi connectivity index (χ1) is 16.0. The Morgan fingerprint density at radius 1 is 1.27 bits per heavy atom. The van der Waals surface area contributed by atoms with Crippen LogP contribution in [-0.4, -0.2) is 52.3 Å². The summed E-state index contributed by atoms with van der Waals surface area (Å²) in [5.41, 5.74) is 5.11. The Labute approximate surface area is 194 Å². The van der Waals surface area contributed by atoms with Crippen LogP contribution >= 0.6 is 0 Å². The number of amides is 1. The molecule has 0 unspecified atom stereocenters. The van der Waals surface area contributed by atoms with Gasteiger partial charge in [-0.15, -0.1) is 0 Å². The Morgan fingerprint density at radius 2 is 2.03 bits per heavy atom. The van der Waals surface area contributed by atoms with Crippen LogP contribution in [0.3, 0.4) is 0 Å². The number of carbonyl (C=O) groups excluding carboxylic acids is 1. The first kappa shape index (κ1) is 22.6. The third-order valence-corrected chi connectivity index (χ3v) is 6.11. The van der Waals surface area contributed by atoms with Crippen LogP contribution in [0.4, 0.5) is 5.69 Å². The standard InChI is InChI=1S/C26H30N6O/c1-18-8-12-32(13-9-18)17-20(16-27-3)14-19(2)21-4-5-24-23(15-21)25(31-30-24)26(33)29-22-6-10-28-11-7-22/h4-7,10-11,14-16,18H,3,8-9,12-13,17H2,1-2H3,(H,30,31)(H,28,29,33)/b19-14+,20-16+. The van der Waals surface area contributed by atoms with Crippen molar-refractivity contribution in [1.82, 2.24) is 20.1 Å². The minimum Gasteiger partial charge on any atom is -0.320 e. The number of hydrogen-bond acceptors (Lipinski definition) is 5. The number of pyridine rings is 1. The molecule has 1 aromatic carbocycles. The van der Waals surface area contributed by atoms with Gasteiger partial charge in [-0.25, -0.2) is 0 Å². The molecule has 33 heavy (non-hydrogen) atoms. The number of aromatic nitrogens is 3. The molecule has 7 heteroatoms. The molecule has 0 radical (unpaired) electrons. The molecule has 0 spiro atoms. The normalized spacial score (nSPS) is 16.2. The van der Waals surface area contributed by atoms with Crippen LogP contribution < -0.4 is 5.32 Å². The summed E-state index contributed by atoms with van der Waals surface area (Å²) >= 11 is 0. The van der Waals surface area contributed by atoms with E-state index in [0.717, 1.165) is 53.2 Å². The molecule has 1 saturated heterocycles. The molecule has 1 aliphatic heterocycles. The number of piperidine rings is 1. The topological polar surface area (TPSA) is 86.3 Å². The SMILES string of the molecule is C=N/C=C(\C=C(/C)c1ccc2[nH]nc(C(=O)Nc3ccncc3)c2c1)CN1CCC(C)CC1. The highest BCUT2D eigenvalue weighted by atomic mass is 16.1. The highest BCUT2D eigenvalue weighted by molar-refractivity contribution is 6.11. The molecule has 4 rings (SSSR count). The molecule has 3 heterocycles. The number of H-pyrrole nitrogens is 1. The van der Waals surface area contributed by atoms with Crippen LogP contribution in [0.25, 0.3) is 16.5 Å². The Morgan fingerprint density at radius 3 is 2.76 bits per heavy atom. The van der Waals surface area contributed by atoms with E-state index in [-0.39, 0.29) is 5.91 Å². The lowest BCUT2D eigenvalue weighted by Gasteiger charge is -2.30. The Bertz CT molecular complexity index is 1190. The molecule has 170 valence electrons. The maximum Gasteiger partial charge on any atom is 0.276 e. The third-order valence-electron chi connectivity index (χ3n) is 6.11. The number of likely N-dealkylation sites (tertiary alicyclic amines) is 1. The monoisotopic (exact) mass is 442 g/mol. The average Bonchev–Trinajstić information content (AvgIpc) is 3.25. The fraction of sp³-hybridized carbons (Fsp3) is 0.308. The number of carbonyl (C=O) groups is 1. The Kier molecular flexibility index (Phi) is 7.10. The van der Waals surface area contributed by atoms with Crippen LogP contribution in [0.15, 0.2) is 65.6 Å². The van der Waals surface area contributed by atoms with Gasteiger partial charge in [0.25, 0.3) is 5.91 Å². The zero-order valence-electron chi connectivity index (χ0n) is 19.2. The van der Waals surface area contributed by atoms with Crippen LogP contribution in [0.2, 0.25) is 0 Å². The zero-order valence-corrected chi connectivity index (χ0v) is 19.2.